The van der Waals surface area contributed by atoms with Crippen LogP contribution in [0, 0.1) is 5.92 Å². The van der Waals surface area contributed by atoms with Crippen LogP contribution in [0.2, 0.25) is 0 Å². The van der Waals surface area contributed by atoms with E-state index >= 15 is 0 Å². The van der Waals surface area contributed by atoms with Gasteiger partial charge in [0.15, 0.2) is 5.13 Å². The summed E-state index contributed by atoms with van der Waals surface area (Å²) >= 11 is 1.43. The number of thiazole rings is 1. The average Bonchev–Trinajstić information content (AvgIpc) is 3.27. The Morgan fingerprint density at radius 2 is 1.96 bits per heavy atom. The third-order valence-corrected chi connectivity index (χ3v) is 6.41. The Bertz CT molecular complexity index is 907. The first-order chi connectivity index (χ1) is 13.5. The van der Waals surface area contributed by atoms with E-state index in [1.54, 1.807) is 18.0 Å². The van der Waals surface area contributed by atoms with Gasteiger partial charge in [0, 0.05) is 19.3 Å². The lowest BCUT2D eigenvalue weighted by molar-refractivity contribution is -0.125. The molecule has 1 aromatic carbocycles. The van der Waals surface area contributed by atoms with Gasteiger partial charge in [0.05, 0.1) is 4.88 Å². The Labute approximate surface area is 166 Å². The van der Waals surface area contributed by atoms with Gasteiger partial charge in [-0.1, -0.05) is 41.7 Å². The molecule has 3 N–H and O–H groups in total. The van der Waals surface area contributed by atoms with E-state index < -0.39 is 11.6 Å². The molecule has 3 heterocycles. The number of likely N-dealkylation sites (tertiary alicyclic amines) is 1. The molecular formula is C19H21N5O3S. The van der Waals surface area contributed by atoms with Crippen LogP contribution in [0.1, 0.15) is 19.8 Å². The molecule has 28 heavy (non-hydrogen) atoms. The third kappa shape index (κ3) is 3.45. The van der Waals surface area contributed by atoms with Crippen LogP contribution in [-0.2, 0) is 4.79 Å². The van der Waals surface area contributed by atoms with Crippen LogP contribution in [-0.4, -0.2) is 46.5 Å². The molecule has 8 nitrogen and oxygen atoms in total. The molecule has 0 radical (unpaired) electrons. The van der Waals surface area contributed by atoms with Gasteiger partial charge in [-0.3, -0.25) is 15.4 Å². The normalized spacial score (nSPS) is 22.7. The predicted octanol–water partition coefficient (Wildman–Crippen LogP) is 2.65. The lowest BCUT2D eigenvalue weighted by Crippen LogP contribution is -2.54. The van der Waals surface area contributed by atoms with Crippen molar-refractivity contribution in [1.82, 2.24) is 20.5 Å². The van der Waals surface area contributed by atoms with Gasteiger partial charge in [0.25, 0.3) is 5.91 Å². The van der Waals surface area contributed by atoms with E-state index in [2.05, 4.69) is 20.9 Å². The summed E-state index contributed by atoms with van der Waals surface area (Å²) in [6.07, 6.45) is 3.04. The maximum atomic E-state index is 12.6. The highest BCUT2D eigenvalue weighted by molar-refractivity contribution is 7.19. The molecule has 2 aliphatic heterocycles. The van der Waals surface area contributed by atoms with Gasteiger partial charge in [-0.05, 0) is 31.2 Å². The standard InChI is InChI=1S/C19H21N5O3S/c1-19(15(25)21-16(26)23-19)13-7-9-24(10-8-13)18(27)22-17-20-11-14(28-17)12-5-3-2-4-6-12/h2-6,11,13H,7-10H2,1H3,(H,20,22,27)(H2,21,23,25,26). The van der Waals surface area contributed by atoms with Crippen molar-refractivity contribution >= 4 is 34.4 Å². The van der Waals surface area contributed by atoms with E-state index in [-0.39, 0.29) is 17.9 Å². The van der Waals surface area contributed by atoms with Crippen LogP contribution in [0.4, 0.5) is 14.7 Å². The SMILES string of the molecule is CC1(C2CCN(C(=O)Nc3ncc(-c4ccccc4)s3)CC2)NC(=O)NC1=O. The van der Waals surface area contributed by atoms with Crippen LogP contribution in [0.15, 0.2) is 36.5 Å². The number of carbonyl (C=O) groups is 3. The summed E-state index contributed by atoms with van der Waals surface area (Å²) in [5.74, 6) is -0.302. The fourth-order valence-corrected chi connectivity index (χ4v) is 4.55. The smallest absolute Gasteiger partial charge is 0.323 e. The highest BCUT2D eigenvalue weighted by Gasteiger charge is 2.48. The summed E-state index contributed by atoms with van der Waals surface area (Å²) in [4.78, 5) is 43.1. The molecule has 0 aliphatic carbocycles. The molecule has 1 atom stereocenters. The maximum Gasteiger partial charge on any atom is 0.323 e. The van der Waals surface area contributed by atoms with Crippen LogP contribution < -0.4 is 16.0 Å². The maximum absolute atomic E-state index is 12.6. The van der Waals surface area contributed by atoms with Crippen molar-refractivity contribution in [3.05, 3.63) is 36.5 Å². The number of rotatable bonds is 3. The molecular weight excluding hydrogens is 378 g/mol. The fraction of sp³-hybridized carbons (Fsp3) is 0.368. The van der Waals surface area contributed by atoms with Crippen molar-refractivity contribution in [1.29, 1.82) is 0 Å². The summed E-state index contributed by atoms with van der Waals surface area (Å²) < 4.78 is 0. The Balaban J connectivity index is 1.34. The van der Waals surface area contributed by atoms with Crippen LogP contribution in [0.25, 0.3) is 10.4 Å². The number of amides is 5. The minimum atomic E-state index is -0.903. The molecule has 146 valence electrons. The second kappa shape index (κ2) is 7.23. The fourth-order valence-electron chi connectivity index (χ4n) is 3.74. The van der Waals surface area contributed by atoms with Crippen molar-refractivity contribution in [2.45, 2.75) is 25.3 Å². The Morgan fingerprint density at radius 1 is 1.25 bits per heavy atom. The largest absolute Gasteiger partial charge is 0.324 e. The molecule has 2 saturated heterocycles. The van der Waals surface area contributed by atoms with Gasteiger partial charge >= 0.3 is 12.1 Å². The number of nitrogens with zero attached hydrogens (tertiary/aromatic N) is 2. The molecule has 4 rings (SSSR count). The van der Waals surface area contributed by atoms with Gasteiger partial charge < -0.3 is 10.2 Å². The zero-order chi connectivity index (χ0) is 19.7. The number of nitrogens with one attached hydrogen (secondary N) is 3. The lowest BCUT2D eigenvalue weighted by atomic mass is 9.79. The number of benzene rings is 1. The summed E-state index contributed by atoms with van der Waals surface area (Å²) in [5.41, 5.74) is 0.158. The van der Waals surface area contributed by atoms with Crippen molar-refractivity contribution in [3.63, 3.8) is 0 Å². The molecule has 2 aromatic rings. The molecule has 1 aromatic heterocycles. The van der Waals surface area contributed by atoms with Gasteiger partial charge in [0.2, 0.25) is 0 Å². The quantitative estimate of drug-likeness (QED) is 0.690. The predicted molar refractivity (Wildman–Crippen MR) is 106 cm³/mol. The topological polar surface area (TPSA) is 103 Å². The molecule has 2 fully saturated rings. The van der Waals surface area contributed by atoms with E-state index in [1.807, 2.05) is 30.3 Å². The van der Waals surface area contributed by atoms with E-state index in [9.17, 15) is 14.4 Å². The first-order valence-electron chi connectivity index (χ1n) is 9.16. The number of urea groups is 2. The van der Waals surface area contributed by atoms with Gasteiger partial charge in [-0.25, -0.2) is 14.6 Å². The molecule has 9 heteroatoms. The minimum Gasteiger partial charge on any atom is -0.324 e. The summed E-state index contributed by atoms with van der Waals surface area (Å²) in [7, 11) is 0. The third-order valence-electron chi connectivity index (χ3n) is 5.45. The van der Waals surface area contributed by atoms with Crippen LogP contribution >= 0.6 is 11.3 Å². The van der Waals surface area contributed by atoms with Crippen molar-refractivity contribution in [2.24, 2.45) is 5.92 Å². The highest BCUT2D eigenvalue weighted by atomic mass is 32.1. The van der Waals surface area contributed by atoms with Crippen LogP contribution in [0.3, 0.4) is 0 Å². The zero-order valence-electron chi connectivity index (χ0n) is 15.4. The lowest BCUT2D eigenvalue weighted by Gasteiger charge is -2.38. The first-order valence-corrected chi connectivity index (χ1v) is 9.98. The van der Waals surface area contributed by atoms with Gasteiger partial charge in [0.1, 0.15) is 5.54 Å². The van der Waals surface area contributed by atoms with E-state index in [0.717, 1.165) is 10.4 Å². The number of hydrogen-bond donors (Lipinski definition) is 3. The molecule has 5 amide bonds. The minimum absolute atomic E-state index is 0.00690. The van der Waals surface area contributed by atoms with Crippen molar-refractivity contribution < 1.29 is 14.4 Å². The molecule has 0 spiro atoms. The Morgan fingerprint density at radius 3 is 2.61 bits per heavy atom. The zero-order valence-corrected chi connectivity index (χ0v) is 16.2. The summed E-state index contributed by atoms with van der Waals surface area (Å²) in [5, 5.41) is 8.44. The highest BCUT2D eigenvalue weighted by Crippen LogP contribution is 2.32. The van der Waals surface area contributed by atoms with E-state index in [4.69, 9.17) is 0 Å². The monoisotopic (exact) mass is 399 g/mol. The number of piperidine rings is 1. The van der Waals surface area contributed by atoms with E-state index in [1.165, 1.54) is 11.3 Å². The summed E-state index contributed by atoms with van der Waals surface area (Å²) in [6.45, 7) is 2.78. The second-order valence-electron chi connectivity index (χ2n) is 7.20. The second-order valence-corrected chi connectivity index (χ2v) is 8.23. The van der Waals surface area contributed by atoms with Crippen molar-refractivity contribution in [3.8, 4) is 10.4 Å². The first kappa shape index (κ1) is 18.4. The number of anilines is 1. The average molecular weight is 399 g/mol. The number of hydrogen-bond acceptors (Lipinski definition) is 5. The van der Waals surface area contributed by atoms with Gasteiger partial charge in [-0.2, -0.15) is 0 Å². The van der Waals surface area contributed by atoms with Gasteiger partial charge in [-0.15, -0.1) is 0 Å². The number of imide groups is 1. The Hall–Kier alpha value is -2.94. The molecule has 2 aliphatic rings. The van der Waals surface area contributed by atoms with Crippen LogP contribution in [0.5, 0.6) is 0 Å². The molecule has 1 unspecified atom stereocenters. The molecule has 0 saturated carbocycles. The number of aromatic nitrogens is 1. The van der Waals surface area contributed by atoms with E-state index in [0.29, 0.717) is 31.1 Å². The Kier molecular flexibility index (Phi) is 4.76. The number of carbonyl (C=O) groups excluding carboxylic acids is 3. The molecule has 0 bridgehead atoms. The summed E-state index contributed by atoms with van der Waals surface area (Å²) in [6, 6.07) is 9.24. The van der Waals surface area contributed by atoms with Crippen molar-refractivity contribution in [2.75, 3.05) is 18.4 Å².